The van der Waals surface area contributed by atoms with Gasteiger partial charge in [0.25, 0.3) is 0 Å². The molecule has 6 nitrogen and oxygen atoms in total. The quantitative estimate of drug-likeness (QED) is 0.663. The van der Waals surface area contributed by atoms with Gasteiger partial charge < -0.3 is 15.2 Å². The second kappa shape index (κ2) is 10.8. The van der Waals surface area contributed by atoms with E-state index in [2.05, 4.69) is 27.7 Å². The smallest absolute Gasteiger partial charge is 0.227 e. The van der Waals surface area contributed by atoms with Gasteiger partial charge in [-0.2, -0.15) is 4.98 Å². The molecule has 0 unspecified atom stereocenters. The Morgan fingerprint density at radius 3 is 2.80 bits per heavy atom. The Labute approximate surface area is 153 Å². The van der Waals surface area contributed by atoms with Crippen molar-refractivity contribution in [1.29, 1.82) is 0 Å². The standard InChI is InChI=1S/C17H23FN4O2.ClH/c1-3-8-19-9-10-20-15(23)6-7-16-21-17(22-24-16)13-5-4-12(2)14(18)11-13;/h4-5,11,19H,3,6-10H2,1-2H3,(H,20,23);1H. The molecule has 2 rings (SSSR count). The van der Waals surface area contributed by atoms with Crippen molar-refractivity contribution in [1.82, 2.24) is 20.8 Å². The highest BCUT2D eigenvalue weighted by Crippen LogP contribution is 2.19. The molecule has 0 spiro atoms. The van der Waals surface area contributed by atoms with Crippen LogP contribution < -0.4 is 10.6 Å². The number of amides is 1. The van der Waals surface area contributed by atoms with Crippen molar-refractivity contribution in [2.24, 2.45) is 0 Å². The maximum Gasteiger partial charge on any atom is 0.227 e. The van der Waals surface area contributed by atoms with Crippen LogP contribution in [0, 0.1) is 12.7 Å². The van der Waals surface area contributed by atoms with E-state index in [1.807, 2.05) is 0 Å². The van der Waals surface area contributed by atoms with E-state index in [9.17, 15) is 9.18 Å². The van der Waals surface area contributed by atoms with Crippen LogP contribution >= 0.6 is 12.4 Å². The Balaban J connectivity index is 0.00000312. The number of nitrogens with zero attached hydrogens (tertiary/aromatic N) is 2. The van der Waals surface area contributed by atoms with E-state index < -0.39 is 0 Å². The van der Waals surface area contributed by atoms with Crippen LogP contribution in [0.4, 0.5) is 4.39 Å². The van der Waals surface area contributed by atoms with Gasteiger partial charge in [-0.1, -0.05) is 24.2 Å². The van der Waals surface area contributed by atoms with Crippen molar-refractivity contribution in [2.45, 2.75) is 33.1 Å². The molecule has 0 radical (unpaired) electrons. The van der Waals surface area contributed by atoms with Gasteiger partial charge in [-0.3, -0.25) is 4.79 Å². The van der Waals surface area contributed by atoms with Crippen LogP contribution in [0.1, 0.15) is 31.2 Å². The molecule has 1 heterocycles. The molecular formula is C17H24ClFN4O2. The summed E-state index contributed by atoms with van der Waals surface area (Å²) >= 11 is 0. The molecule has 0 aliphatic rings. The molecule has 1 aromatic carbocycles. The number of hydrogen-bond donors (Lipinski definition) is 2. The van der Waals surface area contributed by atoms with Crippen LogP contribution in [0.2, 0.25) is 0 Å². The summed E-state index contributed by atoms with van der Waals surface area (Å²) in [5.74, 6) is 0.322. The van der Waals surface area contributed by atoms with Crippen LogP contribution in [-0.2, 0) is 11.2 Å². The van der Waals surface area contributed by atoms with Gasteiger partial charge in [0.15, 0.2) is 0 Å². The zero-order valence-electron chi connectivity index (χ0n) is 14.5. The lowest BCUT2D eigenvalue weighted by molar-refractivity contribution is -0.121. The Morgan fingerprint density at radius 1 is 1.28 bits per heavy atom. The SMILES string of the molecule is CCCNCCNC(=O)CCc1nc(-c2ccc(C)c(F)c2)no1.Cl. The lowest BCUT2D eigenvalue weighted by Gasteiger charge is -2.04. The molecule has 2 N–H and O–H groups in total. The van der Waals surface area contributed by atoms with E-state index in [1.54, 1.807) is 19.1 Å². The summed E-state index contributed by atoms with van der Waals surface area (Å²) < 4.78 is 18.7. The van der Waals surface area contributed by atoms with Gasteiger partial charge in [0, 0.05) is 31.5 Å². The minimum atomic E-state index is -0.310. The number of nitrogens with one attached hydrogen (secondary N) is 2. The van der Waals surface area contributed by atoms with E-state index in [-0.39, 0.29) is 30.6 Å². The number of hydrogen-bond acceptors (Lipinski definition) is 5. The average molecular weight is 371 g/mol. The normalized spacial score (nSPS) is 10.4. The van der Waals surface area contributed by atoms with Crippen molar-refractivity contribution in [3.05, 3.63) is 35.5 Å². The van der Waals surface area contributed by atoms with Crippen LogP contribution in [0.3, 0.4) is 0 Å². The third-order valence-electron chi connectivity index (χ3n) is 3.51. The molecule has 0 saturated carbocycles. The number of rotatable bonds is 9. The van der Waals surface area contributed by atoms with E-state index in [4.69, 9.17) is 4.52 Å². The molecule has 2 aromatic rings. The Morgan fingerprint density at radius 2 is 2.08 bits per heavy atom. The van der Waals surface area contributed by atoms with Crippen molar-refractivity contribution in [3.63, 3.8) is 0 Å². The van der Waals surface area contributed by atoms with Gasteiger partial charge in [-0.15, -0.1) is 12.4 Å². The predicted octanol–water partition coefficient (Wildman–Crippen LogP) is 2.65. The predicted molar refractivity (Wildman–Crippen MR) is 96.2 cm³/mol. The molecule has 1 amide bonds. The van der Waals surface area contributed by atoms with Crippen molar-refractivity contribution < 1.29 is 13.7 Å². The lowest BCUT2D eigenvalue weighted by Crippen LogP contribution is -2.32. The van der Waals surface area contributed by atoms with Crippen LogP contribution in [-0.4, -0.2) is 35.7 Å². The minimum absolute atomic E-state index is 0. The van der Waals surface area contributed by atoms with Crippen molar-refractivity contribution >= 4 is 18.3 Å². The van der Waals surface area contributed by atoms with Crippen LogP contribution in [0.15, 0.2) is 22.7 Å². The highest BCUT2D eigenvalue weighted by atomic mass is 35.5. The third-order valence-corrected chi connectivity index (χ3v) is 3.51. The molecule has 0 atom stereocenters. The second-order valence-electron chi connectivity index (χ2n) is 5.58. The number of halogens is 2. The first kappa shape index (κ1) is 21.1. The number of aromatic nitrogens is 2. The van der Waals surface area contributed by atoms with Gasteiger partial charge in [-0.05, 0) is 31.5 Å². The molecule has 0 fully saturated rings. The van der Waals surface area contributed by atoms with Gasteiger partial charge in [-0.25, -0.2) is 4.39 Å². The summed E-state index contributed by atoms with van der Waals surface area (Å²) in [6.07, 6.45) is 1.70. The molecule has 0 aliphatic carbocycles. The van der Waals surface area contributed by atoms with Crippen LogP contribution in [0.25, 0.3) is 11.4 Å². The highest BCUT2D eigenvalue weighted by molar-refractivity contribution is 5.85. The topological polar surface area (TPSA) is 80.0 Å². The summed E-state index contributed by atoms with van der Waals surface area (Å²) in [7, 11) is 0. The highest BCUT2D eigenvalue weighted by Gasteiger charge is 2.11. The zero-order chi connectivity index (χ0) is 17.4. The molecule has 138 valence electrons. The Bertz CT molecular complexity index is 678. The van der Waals surface area contributed by atoms with Gasteiger partial charge in [0.2, 0.25) is 17.6 Å². The lowest BCUT2D eigenvalue weighted by atomic mass is 10.1. The van der Waals surface area contributed by atoms with Gasteiger partial charge in [0.05, 0.1) is 0 Å². The average Bonchev–Trinajstić information content (AvgIpc) is 3.04. The summed E-state index contributed by atoms with van der Waals surface area (Å²) in [5.41, 5.74) is 1.12. The summed E-state index contributed by atoms with van der Waals surface area (Å²) in [6, 6.07) is 4.78. The maximum atomic E-state index is 13.6. The van der Waals surface area contributed by atoms with Crippen molar-refractivity contribution in [2.75, 3.05) is 19.6 Å². The number of carbonyl (C=O) groups is 1. The van der Waals surface area contributed by atoms with Crippen LogP contribution in [0.5, 0.6) is 0 Å². The minimum Gasteiger partial charge on any atom is -0.355 e. The Hall–Kier alpha value is -1.99. The molecular weight excluding hydrogens is 347 g/mol. The largest absolute Gasteiger partial charge is 0.355 e. The van der Waals surface area contributed by atoms with Gasteiger partial charge >= 0.3 is 0 Å². The van der Waals surface area contributed by atoms with E-state index >= 15 is 0 Å². The molecule has 1 aromatic heterocycles. The molecule has 25 heavy (non-hydrogen) atoms. The second-order valence-corrected chi connectivity index (χ2v) is 5.58. The molecule has 0 bridgehead atoms. The first-order chi connectivity index (χ1) is 11.6. The number of carbonyl (C=O) groups excluding carboxylic acids is 1. The summed E-state index contributed by atoms with van der Waals surface area (Å²) in [6.45, 7) is 6.08. The zero-order valence-corrected chi connectivity index (χ0v) is 15.3. The van der Waals surface area contributed by atoms with E-state index in [0.29, 0.717) is 35.8 Å². The third kappa shape index (κ3) is 6.80. The van der Waals surface area contributed by atoms with E-state index in [1.165, 1.54) is 6.07 Å². The Kier molecular flexibility index (Phi) is 9.08. The number of benzene rings is 1. The summed E-state index contributed by atoms with van der Waals surface area (Å²) in [4.78, 5) is 15.9. The first-order valence-electron chi connectivity index (χ1n) is 8.16. The molecule has 0 aliphatic heterocycles. The van der Waals surface area contributed by atoms with Crippen molar-refractivity contribution in [3.8, 4) is 11.4 Å². The number of aryl methyl sites for hydroxylation is 2. The fourth-order valence-corrected chi connectivity index (χ4v) is 2.11. The molecule has 0 saturated heterocycles. The van der Waals surface area contributed by atoms with Gasteiger partial charge in [0.1, 0.15) is 5.82 Å². The fraction of sp³-hybridized carbons (Fsp3) is 0.471. The van der Waals surface area contributed by atoms with E-state index in [0.717, 1.165) is 19.5 Å². The molecule has 8 heteroatoms. The first-order valence-corrected chi connectivity index (χ1v) is 8.16. The maximum absolute atomic E-state index is 13.6. The fourth-order valence-electron chi connectivity index (χ4n) is 2.11. The summed E-state index contributed by atoms with van der Waals surface area (Å²) in [5, 5.41) is 9.87. The monoisotopic (exact) mass is 370 g/mol.